The van der Waals surface area contributed by atoms with Gasteiger partial charge in [0.25, 0.3) is 0 Å². The van der Waals surface area contributed by atoms with E-state index in [1.54, 1.807) is 0 Å². The summed E-state index contributed by atoms with van der Waals surface area (Å²) in [4.78, 5) is 0. The molecule has 0 fully saturated rings. The van der Waals surface area contributed by atoms with Gasteiger partial charge >= 0.3 is 40.7 Å². The van der Waals surface area contributed by atoms with Gasteiger partial charge in [0.2, 0.25) is 21.2 Å². The van der Waals surface area contributed by atoms with Crippen LogP contribution in [0.4, 0.5) is 57.1 Å². The summed E-state index contributed by atoms with van der Waals surface area (Å²) < 4.78 is 218. The van der Waals surface area contributed by atoms with Crippen molar-refractivity contribution < 1.29 is 93.4 Å². The van der Waals surface area contributed by atoms with E-state index in [9.17, 15) is 65.5 Å². The van der Waals surface area contributed by atoms with Crippen molar-refractivity contribution in [3.8, 4) is 0 Å². The highest BCUT2D eigenvalue weighted by molar-refractivity contribution is 7.91. The van der Waals surface area contributed by atoms with Gasteiger partial charge in [0.1, 0.15) is 0 Å². The van der Waals surface area contributed by atoms with Crippen LogP contribution in [0.5, 0.6) is 0 Å². The van der Waals surface area contributed by atoms with Gasteiger partial charge in [-0.2, -0.15) is 57.1 Å². The third-order valence-corrected chi connectivity index (χ3v) is 4.18. The molecule has 0 heterocycles. The maximum Gasteiger partial charge on any atom is 0.458 e. The van der Waals surface area contributed by atoms with Crippen molar-refractivity contribution in [2.75, 3.05) is 0 Å². The first-order chi connectivity index (χ1) is 15.4. The Bertz CT molecular complexity index is 876. The smallest absolute Gasteiger partial charge is 0.313 e. The average Bonchev–Trinajstić information content (AvgIpc) is 2.56. The summed E-state index contributed by atoms with van der Waals surface area (Å²) in [6.45, 7) is 3.66. The van der Waals surface area contributed by atoms with Gasteiger partial charge in [-0.3, -0.25) is 13.8 Å². The molecule has 0 rings (SSSR count). The van der Waals surface area contributed by atoms with Gasteiger partial charge < -0.3 is 14.0 Å². The third kappa shape index (κ3) is 9.40. The maximum atomic E-state index is 13.5. The molecule has 0 aromatic rings. The van der Waals surface area contributed by atoms with E-state index >= 15 is 0 Å². The Labute approximate surface area is 196 Å². The van der Waals surface area contributed by atoms with Gasteiger partial charge in [0.05, 0.1) is 12.2 Å². The van der Waals surface area contributed by atoms with Gasteiger partial charge in [-0.15, -0.1) is 0 Å². The number of hydrogen-bond acceptors (Lipinski definition) is 5. The molecule has 0 spiro atoms. The summed E-state index contributed by atoms with van der Waals surface area (Å²) >= 11 is -4.87. The van der Waals surface area contributed by atoms with E-state index in [2.05, 4.69) is 9.47 Å². The molecule has 0 saturated carbocycles. The van der Waals surface area contributed by atoms with E-state index in [4.69, 9.17) is 13.7 Å². The largest absolute Gasteiger partial charge is 0.458 e. The lowest BCUT2D eigenvalue weighted by molar-refractivity contribution is -0.515. The molecule has 36 heavy (non-hydrogen) atoms. The molecule has 0 aromatic heterocycles. The fourth-order valence-electron chi connectivity index (χ4n) is 1.49. The summed E-state index contributed by atoms with van der Waals surface area (Å²) in [6.07, 6.45) is -27.4. The molecular weight excluding hydrogens is 595 g/mol. The molecular formula is C13H17F13O8S2. The number of halogens is 13. The van der Waals surface area contributed by atoms with Gasteiger partial charge in [-0.1, -0.05) is 0 Å². The van der Waals surface area contributed by atoms with Crippen molar-refractivity contribution in [1.82, 2.24) is 0 Å². The predicted molar refractivity (Wildman–Crippen MR) is 93.5 cm³/mol. The lowest BCUT2D eigenvalue weighted by Crippen LogP contribution is -2.64. The van der Waals surface area contributed by atoms with E-state index in [0.29, 0.717) is 13.8 Å². The number of ether oxygens (including phenoxy) is 3. The van der Waals surface area contributed by atoms with Crippen LogP contribution in [0.2, 0.25) is 0 Å². The van der Waals surface area contributed by atoms with Crippen molar-refractivity contribution in [2.24, 2.45) is 0 Å². The molecule has 0 aliphatic heterocycles. The lowest BCUT2D eigenvalue weighted by atomic mass is 10.2. The van der Waals surface area contributed by atoms with Crippen molar-refractivity contribution in [3.05, 3.63) is 0 Å². The van der Waals surface area contributed by atoms with Crippen molar-refractivity contribution >= 4 is 26.3 Å². The van der Waals surface area contributed by atoms with Crippen molar-refractivity contribution in [2.45, 2.75) is 75.5 Å². The molecule has 0 radical (unpaired) electrons. The number of hydrogen-bond donors (Lipinski definition) is 3. The van der Waals surface area contributed by atoms with Crippen LogP contribution in [-0.2, 0) is 35.4 Å². The Morgan fingerprint density at radius 1 is 0.778 bits per heavy atom. The molecule has 0 aliphatic carbocycles. The standard InChI is InChI=1S/C8H8F10O4S.C5H9F3O4S/c1-3(2)21-6(13,14)4(9,5(10,11)12)22-7(15,16)8(17,18)23(19)20;1-3(2)12-5(7,8)4(6)13(9,10)11/h3H,1-2H3,(H,19,20);3H,1-2H3,(H2,9,10,11). The quantitative estimate of drug-likeness (QED) is 0.137. The first-order valence-electron chi connectivity index (χ1n) is 8.34. The molecule has 2 atom stereocenters. The van der Waals surface area contributed by atoms with Crippen LogP contribution in [-0.4, -0.2) is 75.0 Å². The van der Waals surface area contributed by atoms with Crippen LogP contribution in [0.25, 0.3) is 0 Å². The molecule has 8 nitrogen and oxygen atoms in total. The van der Waals surface area contributed by atoms with E-state index in [-0.39, 0.29) is 0 Å². The fourth-order valence-corrected chi connectivity index (χ4v) is 2.09. The van der Waals surface area contributed by atoms with Crippen LogP contribution in [0.3, 0.4) is 0 Å². The highest BCUT2D eigenvalue weighted by Gasteiger charge is 2.80. The number of rotatable bonds is 10. The van der Waals surface area contributed by atoms with Crippen LogP contribution in [0, 0.1) is 0 Å². The lowest BCUT2D eigenvalue weighted by Gasteiger charge is -2.37. The number of alkyl halides is 12. The summed E-state index contributed by atoms with van der Waals surface area (Å²) in [6, 6.07) is 0. The van der Waals surface area contributed by atoms with Crippen LogP contribution < -0.4 is 0 Å². The Kier molecular flexibility index (Phi) is 12.2. The SMILES string of the molecule is CC(C)OC(F)(F)C(F)(OC(F)(F)C(F)(F)S(=O)O)C(F)(F)F.CC(C)OC(F)(F)C(F)=S(=O)(O)O. The second-order valence-corrected chi connectivity index (χ2v) is 8.98. The van der Waals surface area contributed by atoms with Gasteiger partial charge in [0.15, 0.2) is 0 Å². The molecule has 0 amide bonds. The van der Waals surface area contributed by atoms with E-state index in [0.717, 1.165) is 0 Å². The van der Waals surface area contributed by atoms with Crippen LogP contribution in [0.1, 0.15) is 27.7 Å². The molecule has 3 N–H and O–H groups in total. The Morgan fingerprint density at radius 3 is 1.39 bits per heavy atom. The van der Waals surface area contributed by atoms with Gasteiger partial charge in [0, 0.05) is 0 Å². The molecule has 0 aromatic carbocycles. The maximum absolute atomic E-state index is 13.5. The first kappa shape index (κ1) is 37.2. The minimum absolute atomic E-state index is 0.653. The zero-order chi connectivity index (χ0) is 29.9. The minimum atomic E-state index is -6.97. The Hall–Kier alpha value is -0.980. The van der Waals surface area contributed by atoms with Gasteiger partial charge in [-0.05, 0) is 27.7 Å². The Balaban J connectivity index is 0. The zero-order valence-electron chi connectivity index (χ0n) is 17.8. The molecule has 2 unspecified atom stereocenters. The average molecular weight is 612 g/mol. The second kappa shape index (κ2) is 11.8. The molecule has 0 aliphatic rings. The van der Waals surface area contributed by atoms with Crippen molar-refractivity contribution in [3.63, 3.8) is 0 Å². The molecule has 0 bridgehead atoms. The predicted octanol–water partition coefficient (Wildman–Crippen LogP) is 4.99. The molecule has 0 saturated heterocycles. The topological polar surface area (TPSA) is 123 Å². The first-order valence-corrected chi connectivity index (χ1v) is 10.9. The van der Waals surface area contributed by atoms with E-state index < -0.39 is 74.1 Å². The second-order valence-electron chi connectivity index (χ2n) is 6.61. The Morgan fingerprint density at radius 2 is 1.14 bits per heavy atom. The zero-order valence-corrected chi connectivity index (χ0v) is 19.4. The monoisotopic (exact) mass is 612 g/mol. The van der Waals surface area contributed by atoms with Crippen molar-refractivity contribution in [1.29, 1.82) is 0 Å². The summed E-state index contributed by atoms with van der Waals surface area (Å²) in [5, 5.41) is -9.13. The molecule has 220 valence electrons. The minimum Gasteiger partial charge on any atom is -0.313 e. The summed E-state index contributed by atoms with van der Waals surface area (Å²) in [5.41, 5.74) is 0. The highest BCUT2D eigenvalue weighted by Crippen LogP contribution is 2.52. The fraction of sp³-hybridized carbons (Fsp3) is 0.923. The summed E-state index contributed by atoms with van der Waals surface area (Å²) in [5.74, 6) is -6.74. The van der Waals surface area contributed by atoms with E-state index in [1.165, 1.54) is 13.8 Å². The third-order valence-electron chi connectivity index (χ3n) is 2.80. The van der Waals surface area contributed by atoms with Crippen LogP contribution in [0.15, 0.2) is 0 Å². The molecule has 23 heteroatoms. The van der Waals surface area contributed by atoms with Crippen LogP contribution >= 0.6 is 0 Å². The van der Waals surface area contributed by atoms with Gasteiger partial charge in [-0.25, -0.2) is 8.42 Å². The highest BCUT2D eigenvalue weighted by atomic mass is 32.2. The summed E-state index contributed by atoms with van der Waals surface area (Å²) in [7, 11) is -5.28. The normalized spacial score (nSPS) is 16.9. The van der Waals surface area contributed by atoms with E-state index in [1.807, 2.05) is 4.74 Å².